The summed E-state index contributed by atoms with van der Waals surface area (Å²) >= 11 is 0. The van der Waals surface area contributed by atoms with E-state index in [-0.39, 0.29) is 31.2 Å². The van der Waals surface area contributed by atoms with Crippen molar-refractivity contribution in [2.45, 2.75) is 11.1 Å². The van der Waals surface area contributed by atoms with Crippen molar-refractivity contribution in [2.75, 3.05) is 31.6 Å². The summed E-state index contributed by atoms with van der Waals surface area (Å²) in [6, 6.07) is 4.29. The van der Waals surface area contributed by atoms with Gasteiger partial charge in [-0.2, -0.15) is 17.5 Å². The first kappa shape index (κ1) is 22.1. The summed E-state index contributed by atoms with van der Waals surface area (Å²) in [6.07, 6.45) is -5.00. The Hall–Kier alpha value is -2.57. The lowest BCUT2D eigenvalue weighted by Gasteiger charge is -2.26. The number of benzene rings is 2. The van der Waals surface area contributed by atoms with Gasteiger partial charge >= 0.3 is 6.18 Å². The van der Waals surface area contributed by atoms with Crippen LogP contribution in [0.4, 0.5) is 27.6 Å². The number of nitrogens with zero attached hydrogens (tertiary/aromatic N) is 1. The summed E-state index contributed by atoms with van der Waals surface area (Å²) in [4.78, 5) is 12.0. The maximum absolute atomic E-state index is 14.2. The van der Waals surface area contributed by atoms with Crippen LogP contribution in [0.15, 0.2) is 41.3 Å². The number of alkyl halides is 3. The minimum Gasteiger partial charge on any atom is -0.379 e. The summed E-state index contributed by atoms with van der Waals surface area (Å²) in [5, 5.41) is 2.02. The highest BCUT2D eigenvalue weighted by Gasteiger charge is 2.34. The SMILES string of the molecule is O=C(Nc1ccc(F)c(C(F)(F)F)c1)c1cc(S(=O)(=O)N2CCOCC2)ccc1F. The van der Waals surface area contributed by atoms with Crippen molar-refractivity contribution >= 4 is 21.6 Å². The van der Waals surface area contributed by atoms with Crippen molar-refractivity contribution in [3.8, 4) is 0 Å². The molecule has 0 aromatic heterocycles. The summed E-state index contributed by atoms with van der Waals surface area (Å²) in [5.74, 6) is -3.80. The first-order chi connectivity index (χ1) is 14.0. The minimum absolute atomic E-state index is 0.0804. The Morgan fingerprint density at radius 3 is 2.27 bits per heavy atom. The van der Waals surface area contributed by atoms with E-state index in [4.69, 9.17) is 4.74 Å². The van der Waals surface area contributed by atoms with Crippen LogP contribution < -0.4 is 5.32 Å². The number of nitrogens with one attached hydrogen (secondary N) is 1. The van der Waals surface area contributed by atoms with Crippen molar-refractivity contribution in [3.63, 3.8) is 0 Å². The van der Waals surface area contributed by atoms with Crippen LogP contribution in [-0.2, 0) is 20.9 Å². The molecule has 0 unspecified atom stereocenters. The Bertz CT molecular complexity index is 1070. The van der Waals surface area contributed by atoms with E-state index >= 15 is 0 Å². The van der Waals surface area contributed by atoms with Crippen LogP contribution in [0.25, 0.3) is 0 Å². The Labute approximate surface area is 168 Å². The molecule has 6 nitrogen and oxygen atoms in total. The molecule has 2 aromatic carbocycles. The first-order valence-electron chi connectivity index (χ1n) is 8.55. The average molecular weight is 450 g/mol. The van der Waals surface area contributed by atoms with Gasteiger partial charge in [-0.1, -0.05) is 0 Å². The smallest absolute Gasteiger partial charge is 0.379 e. The maximum atomic E-state index is 14.2. The first-order valence-corrected chi connectivity index (χ1v) is 10.00. The lowest BCUT2D eigenvalue weighted by atomic mass is 10.1. The number of hydrogen-bond acceptors (Lipinski definition) is 4. The second kappa shape index (κ2) is 8.28. The quantitative estimate of drug-likeness (QED) is 0.726. The molecule has 1 aliphatic heterocycles. The lowest BCUT2D eigenvalue weighted by molar-refractivity contribution is -0.139. The van der Waals surface area contributed by atoms with E-state index in [0.29, 0.717) is 12.1 Å². The summed E-state index contributed by atoms with van der Waals surface area (Å²) in [5.41, 5.74) is -2.73. The fourth-order valence-electron chi connectivity index (χ4n) is 2.79. The van der Waals surface area contributed by atoms with Crippen molar-refractivity contribution < 1.29 is 39.9 Å². The van der Waals surface area contributed by atoms with E-state index in [1.54, 1.807) is 0 Å². The topological polar surface area (TPSA) is 75.7 Å². The zero-order valence-corrected chi connectivity index (χ0v) is 16.0. The number of anilines is 1. The number of rotatable bonds is 4. The van der Waals surface area contributed by atoms with Gasteiger partial charge in [0.1, 0.15) is 11.6 Å². The van der Waals surface area contributed by atoms with Crippen LogP contribution in [0.5, 0.6) is 0 Å². The third-order valence-electron chi connectivity index (χ3n) is 4.32. The van der Waals surface area contributed by atoms with E-state index in [0.717, 1.165) is 28.6 Å². The highest BCUT2D eigenvalue weighted by Crippen LogP contribution is 2.33. The maximum Gasteiger partial charge on any atom is 0.419 e. The minimum atomic E-state index is -5.00. The second-order valence-corrected chi connectivity index (χ2v) is 8.24. The van der Waals surface area contributed by atoms with Gasteiger partial charge in [-0.3, -0.25) is 4.79 Å². The summed E-state index contributed by atoms with van der Waals surface area (Å²) < 4.78 is 97.5. The van der Waals surface area contributed by atoms with Gasteiger partial charge in [-0.15, -0.1) is 0 Å². The Morgan fingerprint density at radius 2 is 1.63 bits per heavy atom. The lowest BCUT2D eigenvalue weighted by Crippen LogP contribution is -2.40. The van der Waals surface area contributed by atoms with Crippen molar-refractivity contribution in [1.29, 1.82) is 0 Å². The van der Waals surface area contributed by atoms with E-state index in [1.807, 2.05) is 5.32 Å². The molecule has 1 heterocycles. The fraction of sp³-hybridized carbons (Fsp3) is 0.278. The van der Waals surface area contributed by atoms with Crippen molar-refractivity contribution in [1.82, 2.24) is 4.31 Å². The number of ether oxygens (including phenoxy) is 1. The number of hydrogen-bond donors (Lipinski definition) is 1. The average Bonchev–Trinajstić information content (AvgIpc) is 2.69. The number of amides is 1. The standard InChI is InChI=1S/C18H15F5N2O4S/c19-15-4-2-12(30(27,28)25-5-7-29-8-6-25)10-13(15)17(26)24-11-1-3-16(20)14(9-11)18(21,22)23/h1-4,9-10H,5-8H2,(H,24,26). The molecule has 0 radical (unpaired) electrons. The van der Waals surface area contributed by atoms with Gasteiger partial charge < -0.3 is 10.1 Å². The van der Waals surface area contributed by atoms with Gasteiger partial charge in [0.25, 0.3) is 5.91 Å². The molecule has 1 N–H and O–H groups in total. The third-order valence-corrected chi connectivity index (χ3v) is 6.21. The monoisotopic (exact) mass is 450 g/mol. The van der Waals surface area contributed by atoms with E-state index in [9.17, 15) is 35.2 Å². The largest absolute Gasteiger partial charge is 0.419 e. The predicted octanol–water partition coefficient (Wildman–Crippen LogP) is 3.26. The molecule has 1 aliphatic rings. The fourth-order valence-corrected chi connectivity index (χ4v) is 4.23. The van der Waals surface area contributed by atoms with Gasteiger partial charge in [0.05, 0.1) is 29.2 Å². The van der Waals surface area contributed by atoms with Crippen LogP contribution >= 0.6 is 0 Å². The van der Waals surface area contributed by atoms with Gasteiger partial charge in [-0.05, 0) is 36.4 Å². The molecular formula is C18H15F5N2O4S. The molecule has 0 bridgehead atoms. The molecule has 162 valence electrons. The van der Waals surface area contributed by atoms with Gasteiger partial charge in [-0.25, -0.2) is 17.2 Å². The predicted molar refractivity (Wildman–Crippen MR) is 95.3 cm³/mol. The second-order valence-electron chi connectivity index (χ2n) is 6.30. The van der Waals surface area contributed by atoms with Crippen molar-refractivity contribution in [2.24, 2.45) is 0 Å². The summed E-state index contributed by atoms with van der Waals surface area (Å²) in [7, 11) is -4.03. The number of carbonyl (C=O) groups is 1. The van der Waals surface area contributed by atoms with E-state index < -0.39 is 50.6 Å². The molecule has 1 fully saturated rings. The molecule has 3 rings (SSSR count). The van der Waals surface area contributed by atoms with Crippen LogP contribution in [0, 0.1) is 11.6 Å². The highest BCUT2D eigenvalue weighted by atomic mass is 32.2. The number of halogens is 5. The molecule has 0 spiro atoms. The molecular weight excluding hydrogens is 435 g/mol. The molecule has 1 amide bonds. The van der Waals surface area contributed by atoms with Crippen LogP contribution in [0.1, 0.15) is 15.9 Å². The molecule has 2 aromatic rings. The normalized spacial score (nSPS) is 15.8. The van der Waals surface area contributed by atoms with Gasteiger partial charge in [0.2, 0.25) is 10.0 Å². The molecule has 12 heteroatoms. The van der Waals surface area contributed by atoms with Crippen LogP contribution in [-0.4, -0.2) is 44.9 Å². The number of morpholine rings is 1. The van der Waals surface area contributed by atoms with Crippen LogP contribution in [0.2, 0.25) is 0 Å². The van der Waals surface area contributed by atoms with Crippen LogP contribution in [0.3, 0.4) is 0 Å². The van der Waals surface area contributed by atoms with E-state index in [2.05, 4.69) is 0 Å². The Morgan fingerprint density at radius 1 is 1.00 bits per heavy atom. The molecule has 0 aliphatic carbocycles. The van der Waals surface area contributed by atoms with Crippen molar-refractivity contribution in [3.05, 3.63) is 59.2 Å². The zero-order valence-electron chi connectivity index (χ0n) is 15.2. The Kier molecular flexibility index (Phi) is 6.11. The van der Waals surface area contributed by atoms with E-state index in [1.165, 1.54) is 0 Å². The third kappa shape index (κ3) is 4.60. The molecule has 0 saturated carbocycles. The van der Waals surface area contributed by atoms with Gasteiger partial charge in [0, 0.05) is 18.8 Å². The van der Waals surface area contributed by atoms with Gasteiger partial charge in [0.15, 0.2) is 0 Å². The molecule has 0 atom stereocenters. The summed E-state index contributed by atoms with van der Waals surface area (Å²) in [6.45, 7) is 0.522. The number of carbonyl (C=O) groups excluding carboxylic acids is 1. The zero-order chi connectivity index (χ0) is 22.1. The number of sulfonamides is 1. The molecule has 30 heavy (non-hydrogen) atoms. The highest BCUT2D eigenvalue weighted by molar-refractivity contribution is 7.89. The Balaban J connectivity index is 1.89. The molecule has 1 saturated heterocycles.